The number of hydrogen-bond donors (Lipinski definition) is 2. The number of nitrogens with one attached hydrogen (secondary N) is 1. The Bertz CT molecular complexity index is 350. The predicted molar refractivity (Wildman–Crippen MR) is 69.2 cm³/mol. The highest BCUT2D eigenvalue weighted by Gasteiger charge is 2.20. The number of ether oxygens (including phenoxy) is 1. The van der Waals surface area contributed by atoms with Crippen molar-refractivity contribution in [1.29, 1.82) is 0 Å². The lowest BCUT2D eigenvalue weighted by atomic mass is 9.99. The van der Waals surface area contributed by atoms with Crippen molar-refractivity contribution >= 4 is 5.82 Å². The summed E-state index contributed by atoms with van der Waals surface area (Å²) in [5.74, 6) is 1.32. The van der Waals surface area contributed by atoms with Gasteiger partial charge < -0.3 is 15.8 Å². The first-order valence-electron chi connectivity index (χ1n) is 5.96. The molecule has 5 heteroatoms. The Morgan fingerprint density at radius 3 is 2.71 bits per heavy atom. The fourth-order valence-electron chi connectivity index (χ4n) is 1.31. The molecule has 1 aromatic rings. The van der Waals surface area contributed by atoms with E-state index in [0.717, 1.165) is 12.2 Å². The summed E-state index contributed by atoms with van der Waals surface area (Å²) in [6.45, 7) is 8.63. The molecule has 0 radical (unpaired) electrons. The minimum atomic E-state index is -0.149. The van der Waals surface area contributed by atoms with Crippen LogP contribution in [0.4, 0.5) is 5.82 Å². The summed E-state index contributed by atoms with van der Waals surface area (Å²) in [7, 11) is 0. The van der Waals surface area contributed by atoms with Crippen LogP contribution in [0.3, 0.4) is 0 Å². The molecule has 0 bridgehead atoms. The van der Waals surface area contributed by atoms with Gasteiger partial charge in [-0.1, -0.05) is 6.92 Å². The Morgan fingerprint density at radius 2 is 2.18 bits per heavy atom. The first-order chi connectivity index (χ1) is 7.99. The van der Waals surface area contributed by atoms with Gasteiger partial charge in [0.2, 0.25) is 5.88 Å². The second-order valence-corrected chi connectivity index (χ2v) is 4.65. The van der Waals surface area contributed by atoms with E-state index in [9.17, 15) is 0 Å². The number of anilines is 1. The minimum absolute atomic E-state index is 0.102. The van der Waals surface area contributed by atoms with Crippen molar-refractivity contribution in [3.8, 4) is 5.88 Å². The molecule has 3 N–H and O–H groups in total. The summed E-state index contributed by atoms with van der Waals surface area (Å²) in [6, 6.07) is 1.80. The standard InChI is InChI=1S/C12H22N4O/c1-5-12(4,7-13)16-10-6-11(15-8-14-10)17-9(2)3/h6,8-9H,5,7,13H2,1-4H3,(H,14,15,16). The van der Waals surface area contributed by atoms with Gasteiger partial charge in [-0.25, -0.2) is 9.97 Å². The molecule has 0 saturated carbocycles. The molecular formula is C12H22N4O. The average Bonchev–Trinajstić information content (AvgIpc) is 2.28. The molecule has 1 unspecified atom stereocenters. The van der Waals surface area contributed by atoms with E-state index in [0.29, 0.717) is 12.4 Å². The van der Waals surface area contributed by atoms with Crippen molar-refractivity contribution in [3.05, 3.63) is 12.4 Å². The third-order valence-electron chi connectivity index (χ3n) is 2.66. The van der Waals surface area contributed by atoms with E-state index >= 15 is 0 Å². The first kappa shape index (κ1) is 13.7. The fraction of sp³-hybridized carbons (Fsp3) is 0.667. The van der Waals surface area contributed by atoms with Crippen LogP contribution in [0.2, 0.25) is 0 Å². The summed E-state index contributed by atoms with van der Waals surface area (Å²) in [4.78, 5) is 8.23. The highest BCUT2D eigenvalue weighted by Crippen LogP contribution is 2.18. The lowest BCUT2D eigenvalue weighted by Crippen LogP contribution is -2.42. The fourth-order valence-corrected chi connectivity index (χ4v) is 1.31. The molecule has 0 amide bonds. The van der Waals surface area contributed by atoms with Crippen LogP contribution in [-0.2, 0) is 0 Å². The quantitative estimate of drug-likeness (QED) is 0.790. The van der Waals surface area contributed by atoms with Gasteiger partial charge in [-0.15, -0.1) is 0 Å². The molecule has 0 aliphatic heterocycles. The number of hydrogen-bond acceptors (Lipinski definition) is 5. The molecule has 5 nitrogen and oxygen atoms in total. The molecule has 0 aromatic carbocycles. The summed E-state index contributed by atoms with van der Waals surface area (Å²) >= 11 is 0. The Hall–Kier alpha value is -1.36. The van der Waals surface area contributed by atoms with Crippen LogP contribution in [0.5, 0.6) is 5.88 Å². The van der Waals surface area contributed by atoms with Gasteiger partial charge in [0.15, 0.2) is 0 Å². The van der Waals surface area contributed by atoms with Gasteiger partial charge in [0.1, 0.15) is 12.1 Å². The molecule has 1 aromatic heterocycles. The lowest BCUT2D eigenvalue weighted by molar-refractivity contribution is 0.232. The predicted octanol–water partition coefficient (Wildman–Crippen LogP) is 1.80. The monoisotopic (exact) mass is 238 g/mol. The number of rotatable bonds is 6. The maximum Gasteiger partial charge on any atom is 0.218 e. The van der Waals surface area contributed by atoms with Gasteiger partial charge in [0.25, 0.3) is 0 Å². The normalized spacial score (nSPS) is 14.5. The summed E-state index contributed by atoms with van der Waals surface area (Å²) in [5, 5.41) is 3.31. The second-order valence-electron chi connectivity index (χ2n) is 4.65. The number of nitrogens with zero attached hydrogens (tertiary/aromatic N) is 2. The Morgan fingerprint density at radius 1 is 1.47 bits per heavy atom. The summed E-state index contributed by atoms with van der Waals surface area (Å²) < 4.78 is 5.51. The number of aromatic nitrogens is 2. The highest BCUT2D eigenvalue weighted by molar-refractivity contribution is 5.40. The van der Waals surface area contributed by atoms with Gasteiger partial charge >= 0.3 is 0 Å². The van der Waals surface area contributed by atoms with Crippen molar-refractivity contribution in [2.24, 2.45) is 5.73 Å². The molecule has 0 aliphatic rings. The van der Waals surface area contributed by atoms with Crippen molar-refractivity contribution in [2.45, 2.75) is 45.8 Å². The smallest absolute Gasteiger partial charge is 0.218 e. The molecule has 1 heterocycles. The Kier molecular flexibility index (Phi) is 4.69. The van der Waals surface area contributed by atoms with Crippen molar-refractivity contribution in [3.63, 3.8) is 0 Å². The minimum Gasteiger partial charge on any atom is -0.475 e. The van der Waals surface area contributed by atoms with Gasteiger partial charge in [-0.3, -0.25) is 0 Å². The van der Waals surface area contributed by atoms with Crippen LogP contribution in [0.1, 0.15) is 34.1 Å². The van der Waals surface area contributed by atoms with E-state index in [4.69, 9.17) is 10.5 Å². The maximum atomic E-state index is 5.75. The molecule has 96 valence electrons. The largest absolute Gasteiger partial charge is 0.475 e. The molecule has 17 heavy (non-hydrogen) atoms. The van der Waals surface area contributed by atoms with Crippen LogP contribution >= 0.6 is 0 Å². The topological polar surface area (TPSA) is 73.1 Å². The van der Waals surface area contributed by atoms with E-state index in [1.807, 2.05) is 13.8 Å². The van der Waals surface area contributed by atoms with Gasteiger partial charge in [0, 0.05) is 18.2 Å². The third-order valence-corrected chi connectivity index (χ3v) is 2.66. The van der Waals surface area contributed by atoms with Gasteiger partial charge in [-0.05, 0) is 27.2 Å². The zero-order valence-corrected chi connectivity index (χ0v) is 11.0. The molecule has 0 fully saturated rings. The van der Waals surface area contributed by atoms with Crippen LogP contribution in [0.25, 0.3) is 0 Å². The molecule has 0 saturated heterocycles. The zero-order valence-electron chi connectivity index (χ0n) is 11.0. The van der Waals surface area contributed by atoms with Crippen molar-refractivity contribution in [2.75, 3.05) is 11.9 Å². The van der Waals surface area contributed by atoms with E-state index in [1.54, 1.807) is 6.07 Å². The maximum absolute atomic E-state index is 5.75. The third kappa shape index (κ3) is 4.19. The van der Waals surface area contributed by atoms with Crippen LogP contribution in [0.15, 0.2) is 12.4 Å². The lowest BCUT2D eigenvalue weighted by Gasteiger charge is -2.28. The Labute approximate surface area is 103 Å². The van der Waals surface area contributed by atoms with Crippen molar-refractivity contribution < 1.29 is 4.74 Å². The van der Waals surface area contributed by atoms with Crippen molar-refractivity contribution in [1.82, 2.24) is 9.97 Å². The van der Waals surface area contributed by atoms with Gasteiger partial charge in [-0.2, -0.15) is 0 Å². The number of nitrogens with two attached hydrogens (primary N) is 1. The Balaban J connectivity index is 2.78. The van der Waals surface area contributed by atoms with E-state index < -0.39 is 0 Å². The molecular weight excluding hydrogens is 216 g/mol. The zero-order chi connectivity index (χ0) is 12.9. The molecule has 0 spiro atoms. The van der Waals surface area contributed by atoms with Crippen LogP contribution < -0.4 is 15.8 Å². The second kappa shape index (κ2) is 5.82. The van der Waals surface area contributed by atoms with E-state index in [2.05, 4.69) is 29.1 Å². The average molecular weight is 238 g/mol. The van der Waals surface area contributed by atoms with E-state index in [1.165, 1.54) is 6.33 Å². The molecule has 0 aliphatic carbocycles. The summed E-state index contributed by atoms with van der Waals surface area (Å²) in [6.07, 6.45) is 2.52. The van der Waals surface area contributed by atoms with Gasteiger partial charge in [0.05, 0.1) is 6.10 Å². The van der Waals surface area contributed by atoms with Crippen LogP contribution in [0, 0.1) is 0 Å². The molecule has 1 atom stereocenters. The first-order valence-corrected chi connectivity index (χ1v) is 5.96. The summed E-state index contributed by atoms with van der Waals surface area (Å²) in [5.41, 5.74) is 5.60. The van der Waals surface area contributed by atoms with Crippen LogP contribution in [-0.4, -0.2) is 28.2 Å². The highest BCUT2D eigenvalue weighted by atomic mass is 16.5. The SMILES string of the molecule is CCC(C)(CN)Nc1cc(OC(C)C)ncn1. The van der Waals surface area contributed by atoms with E-state index in [-0.39, 0.29) is 11.6 Å². The molecule has 1 rings (SSSR count).